The van der Waals surface area contributed by atoms with Crippen LogP contribution in [0.4, 0.5) is 10.5 Å². The number of benzene rings is 1. The van der Waals surface area contributed by atoms with Gasteiger partial charge >= 0.3 is 6.09 Å². The number of hydrogen-bond acceptors (Lipinski definition) is 6. The molecule has 3 rings (SSSR count). The second-order valence-corrected chi connectivity index (χ2v) is 9.43. The topological polar surface area (TPSA) is 82.1 Å². The van der Waals surface area contributed by atoms with Gasteiger partial charge in [-0.1, -0.05) is 12.1 Å². The predicted octanol–water partition coefficient (Wildman–Crippen LogP) is 2.70. The molecule has 1 heterocycles. The minimum Gasteiger partial charge on any atom is -0.441 e. The van der Waals surface area contributed by atoms with Gasteiger partial charge < -0.3 is 14.2 Å². The molecule has 1 aromatic rings. The lowest BCUT2D eigenvalue weighted by Gasteiger charge is -2.28. The number of anilines is 1. The Kier molecular flexibility index (Phi) is 6.39. The highest BCUT2D eigenvalue weighted by Gasteiger charge is 2.32. The lowest BCUT2D eigenvalue weighted by Crippen LogP contribution is -2.25. The highest BCUT2D eigenvalue weighted by Crippen LogP contribution is 2.35. The smallest absolute Gasteiger partial charge is 0.414 e. The fourth-order valence-corrected chi connectivity index (χ4v) is 4.15. The number of rotatable bonds is 7. The van der Waals surface area contributed by atoms with Crippen LogP contribution in [0.2, 0.25) is 0 Å². The van der Waals surface area contributed by atoms with Crippen molar-refractivity contribution in [3.8, 4) is 0 Å². The first-order chi connectivity index (χ1) is 12.9. The summed E-state index contributed by atoms with van der Waals surface area (Å²) < 4.78 is 38.3. The Morgan fingerprint density at radius 3 is 2.41 bits per heavy atom. The maximum Gasteiger partial charge on any atom is 0.414 e. The highest BCUT2D eigenvalue weighted by molar-refractivity contribution is 7.90. The van der Waals surface area contributed by atoms with E-state index in [9.17, 15) is 13.2 Å². The molecule has 1 aliphatic heterocycles. The predicted molar refractivity (Wildman–Crippen MR) is 102 cm³/mol. The molecule has 0 bridgehead atoms. The number of amides is 1. The Bertz CT molecular complexity index is 740. The van der Waals surface area contributed by atoms with Crippen LogP contribution in [0.5, 0.6) is 0 Å². The van der Waals surface area contributed by atoms with E-state index in [0.717, 1.165) is 31.4 Å². The minimum absolute atomic E-state index is 0.0207. The molecule has 0 N–H and O–H groups in total. The molecule has 1 aliphatic carbocycles. The van der Waals surface area contributed by atoms with Crippen molar-refractivity contribution in [1.29, 1.82) is 0 Å². The van der Waals surface area contributed by atoms with Crippen molar-refractivity contribution in [2.75, 3.05) is 37.4 Å². The molecule has 8 heteroatoms. The van der Waals surface area contributed by atoms with Crippen LogP contribution in [0.25, 0.3) is 0 Å². The average molecular weight is 397 g/mol. The summed E-state index contributed by atoms with van der Waals surface area (Å²) >= 11 is 0. The van der Waals surface area contributed by atoms with Crippen molar-refractivity contribution in [2.45, 2.75) is 43.8 Å². The van der Waals surface area contributed by atoms with Crippen LogP contribution < -0.4 is 4.90 Å². The molecule has 0 unspecified atom stereocenters. The molecule has 1 aromatic carbocycles. The monoisotopic (exact) mass is 397 g/mol. The zero-order valence-corrected chi connectivity index (χ0v) is 16.6. The third-order valence-electron chi connectivity index (χ3n) is 5.09. The molecule has 1 amide bonds. The van der Waals surface area contributed by atoms with E-state index < -0.39 is 9.84 Å². The Hall–Kier alpha value is -1.64. The molecule has 1 atom stereocenters. The van der Waals surface area contributed by atoms with Crippen LogP contribution >= 0.6 is 0 Å². The van der Waals surface area contributed by atoms with Crippen LogP contribution in [-0.4, -0.2) is 59.2 Å². The van der Waals surface area contributed by atoms with Gasteiger partial charge in [0.25, 0.3) is 0 Å². The van der Waals surface area contributed by atoms with Gasteiger partial charge in [0.2, 0.25) is 0 Å². The van der Waals surface area contributed by atoms with Crippen LogP contribution in [-0.2, 0) is 24.0 Å². The Balaban J connectivity index is 1.53. The average Bonchev–Trinajstić information content (AvgIpc) is 3.01. The molecule has 2 aliphatic rings. The zero-order valence-electron chi connectivity index (χ0n) is 15.8. The van der Waals surface area contributed by atoms with E-state index in [-0.39, 0.29) is 24.2 Å². The largest absolute Gasteiger partial charge is 0.441 e. The third kappa shape index (κ3) is 5.43. The zero-order chi connectivity index (χ0) is 19.4. The summed E-state index contributed by atoms with van der Waals surface area (Å²) in [7, 11) is -1.50. The van der Waals surface area contributed by atoms with Gasteiger partial charge in [-0.15, -0.1) is 0 Å². The van der Waals surface area contributed by atoms with Crippen LogP contribution in [0.1, 0.15) is 37.2 Å². The Morgan fingerprint density at radius 2 is 1.81 bits per heavy atom. The van der Waals surface area contributed by atoms with E-state index in [0.29, 0.717) is 19.1 Å². The SMILES string of the molecule is COC[C@@H]1CN(c2ccc(C3CCC(OCS(C)(=O)=O)CC3)cc2)C(=O)O1. The van der Waals surface area contributed by atoms with Gasteiger partial charge in [0.1, 0.15) is 12.0 Å². The number of nitrogens with zero attached hydrogens (tertiary/aromatic N) is 1. The molecular weight excluding hydrogens is 370 g/mol. The lowest BCUT2D eigenvalue weighted by molar-refractivity contribution is 0.0524. The molecule has 150 valence electrons. The molecule has 0 spiro atoms. The Morgan fingerprint density at radius 1 is 1.15 bits per heavy atom. The van der Waals surface area contributed by atoms with Gasteiger partial charge in [0.15, 0.2) is 9.84 Å². The van der Waals surface area contributed by atoms with Crippen LogP contribution in [0, 0.1) is 0 Å². The maximum absolute atomic E-state index is 12.0. The number of carbonyl (C=O) groups is 1. The molecule has 1 saturated heterocycles. The molecule has 2 fully saturated rings. The number of ether oxygens (including phenoxy) is 3. The number of methoxy groups -OCH3 is 1. The molecule has 0 radical (unpaired) electrons. The normalized spacial score (nSPS) is 26.2. The molecular formula is C19H27NO6S. The summed E-state index contributed by atoms with van der Waals surface area (Å²) in [4.78, 5) is 13.6. The fraction of sp³-hybridized carbons (Fsp3) is 0.632. The van der Waals surface area contributed by atoms with Gasteiger partial charge in [-0.3, -0.25) is 4.90 Å². The summed E-state index contributed by atoms with van der Waals surface area (Å²) in [6.45, 7) is 0.889. The second kappa shape index (κ2) is 8.58. The van der Waals surface area contributed by atoms with Crippen molar-refractivity contribution >= 4 is 21.6 Å². The molecule has 1 saturated carbocycles. The lowest BCUT2D eigenvalue weighted by atomic mass is 9.82. The molecule has 27 heavy (non-hydrogen) atoms. The van der Waals surface area contributed by atoms with E-state index in [1.54, 1.807) is 12.0 Å². The van der Waals surface area contributed by atoms with Crippen molar-refractivity contribution < 1.29 is 27.4 Å². The first-order valence-corrected chi connectivity index (χ1v) is 11.3. The number of sulfone groups is 1. The van der Waals surface area contributed by atoms with Crippen LogP contribution in [0.3, 0.4) is 0 Å². The number of carbonyl (C=O) groups excluding carboxylic acids is 1. The van der Waals surface area contributed by atoms with Crippen molar-refractivity contribution in [2.24, 2.45) is 0 Å². The minimum atomic E-state index is -3.09. The van der Waals surface area contributed by atoms with Gasteiger partial charge in [0.05, 0.1) is 19.3 Å². The van der Waals surface area contributed by atoms with Crippen molar-refractivity contribution in [3.63, 3.8) is 0 Å². The van der Waals surface area contributed by atoms with E-state index in [1.807, 2.05) is 12.1 Å². The molecule has 0 aromatic heterocycles. The number of cyclic esters (lactones) is 1. The first-order valence-electron chi connectivity index (χ1n) is 9.22. The highest BCUT2D eigenvalue weighted by atomic mass is 32.2. The van der Waals surface area contributed by atoms with E-state index in [4.69, 9.17) is 14.2 Å². The molecule has 7 nitrogen and oxygen atoms in total. The summed E-state index contributed by atoms with van der Waals surface area (Å²) in [6, 6.07) is 8.04. The maximum atomic E-state index is 12.0. The van der Waals surface area contributed by atoms with Gasteiger partial charge in [0, 0.05) is 19.1 Å². The number of hydrogen-bond donors (Lipinski definition) is 0. The van der Waals surface area contributed by atoms with E-state index in [1.165, 1.54) is 11.8 Å². The van der Waals surface area contributed by atoms with Crippen LogP contribution in [0.15, 0.2) is 24.3 Å². The fourth-order valence-electron chi connectivity index (χ4n) is 3.71. The van der Waals surface area contributed by atoms with E-state index >= 15 is 0 Å². The van der Waals surface area contributed by atoms with Gasteiger partial charge in [-0.05, 0) is 49.3 Å². The van der Waals surface area contributed by atoms with Crippen molar-refractivity contribution in [1.82, 2.24) is 0 Å². The van der Waals surface area contributed by atoms with Gasteiger partial charge in [-0.2, -0.15) is 0 Å². The standard InChI is InChI=1S/C19H27NO6S/c1-24-12-18-11-20(19(21)26-18)16-7-3-14(4-8-16)15-5-9-17(10-6-15)25-13-27(2,22)23/h3-4,7-8,15,17-18H,5-6,9-13H2,1-2H3/t15?,17?,18-/m0/s1. The Labute approximate surface area is 160 Å². The van der Waals surface area contributed by atoms with E-state index in [2.05, 4.69) is 12.1 Å². The third-order valence-corrected chi connectivity index (χ3v) is 5.66. The summed E-state index contributed by atoms with van der Waals surface area (Å²) in [5.41, 5.74) is 2.06. The van der Waals surface area contributed by atoms with Gasteiger partial charge in [-0.25, -0.2) is 13.2 Å². The quantitative estimate of drug-likeness (QED) is 0.704. The summed E-state index contributed by atoms with van der Waals surface area (Å²) in [6.07, 6.45) is 4.29. The second-order valence-electron chi connectivity index (χ2n) is 7.35. The summed E-state index contributed by atoms with van der Waals surface area (Å²) in [5.74, 6) is 0.233. The first kappa shape index (κ1) is 20.1. The van der Waals surface area contributed by atoms with Crippen molar-refractivity contribution in [3.05, 3.63) is 29.8 Å². The summed E-state index contributed by atoms with van der Waals surface area (Å²) in [5, 5.41) is 0.